The molecule has 7 rings (SSSR count). The number of rotatable bonds is 2. The maximum Gasteiger partial charge on any atom is 0.343 e. The third-order valence-electron chi connectivity index (χ3n) is 8.68. The maximum absolute atomic E-state index is 14.9. The molecule has 0 radical (unpaired) electrons. The van der Waals surface area contributed by atoms with E-state index in [2.05, 4.69) is 4.90 Å². The number of likely N-dealkylation sites (tertiary alicyclic amines) is 1. The molecule has 36 heavy (non-hydrogen) atoms. The van der Waals surface area contributed by atoms with Crippen molar-refractivity contribution < 1.29 is 24.1 Å². The summed E-state index contributed by atoms with van der Waals surface area (Å²) in [7, 11) is 0. The number of benzene rings is 1. The summed E-state index contributed by atoms with van der Waals surface area (Å²) in [5.74, 6) is -1.07. The van der Waals surface area contributed by atoms with Crippen molar-refractivity contribution in [2.75, 3.05) is 13.1 Å². The highest BCUT2D eigenvalue weighted by molar-refractivity contribution is 5.93. The minimum Gasteiger partial charge on any atom is -0.458 e. The van der Waals surface area contributed by atoms with E-state index in [1.54, 1.807) is 24.5 Å². The van der Waals surface area contributed by atoms with Gasteiger partial charge in [-0.2, -0.15) is 0 Å². The van der Waals surface area contributed by atoms with E-state index in [0.717, 1.165) is 34.9 Å². The van der Waals surface area contributed by atoms with Gasteiger partial charge in [-0.1, -0.05) is 6.92 Å². The second-order valence-electron chi connectivity index (χ2n) is 10.5. The van der Waals surface area contributed by atoms with Gasteiger partial charge in [0, 0.05) is 41.7 Å². The van der Waals surface area contributed by atoms with E-state index in [-0.39, 0.29) is 47.7 Å². The van der Waals surface area contributed by atoms with E-state index in [4.69, 9.17) is 9.72 Å². The number of aliphatic hydroxyl groups excluding tert-OH is 1. The highest BCUT2D eigenvalue weighted by Gasteiger charge is 2.46. The van der Waals surface area contributed by atoms with Crippen molar-refractivity contribution in [1.82, 2.24) is 14.5 Å². The molecular weight excluding hydrogens is 465 g/mol. The van der Waals surface area contributed by atoms with Gasteiger partial charge in [-0.25, -0.2) is 14.2 Å². The van der Waals surface area contributed by atoms with Crippen LogP contribution in [-0.2, 0) is 34.7 Å². The molecule has 1 saturated heterocycles. The monoisotopic (exact) mass is 491 g/mol. The number of ether oxygens (including phenoxy) is 1. The van der Waals surface area contributed by atoms with Gasteiger partial charge in [0.05, 0.1) is 35.1 Å². The lowest BCUT2D eigenvalue weighted by molar-refractivity contribution is -0.172. The van der Waals surface area contributed by atoms with Crippen molar-refractivity contribution in [1.29, 1.82) is 0 Å². The summed E-state index contributed by atoms with van der Waals surface area (Å²) in [6.07, 6.45) is 1.21. The van der Waals surface area contributed by atoms with Crippen LogP contribution in [0.5, 0.6) is 0 Å². The highest BCUT2D eigenvalue weighted by atomic mass is 19.1. The first-order valence-electron chi connectivity index (χ1n) is 12.5. The number of pyridine rings is 2. The van der Waals surface area contributed by atoms with Crippen LogP contribution in [0.3, 0.4) is 0 Å². The van der Waals surface area contributed by atoms with Crippen molar-refractivity contribution in [3.63, 3.8) is 0 Å². The van der Waals surface area contributed by atoms with Crippen LogP contribution >= 0.6 is 0 Å². The van der Waals surface area contributed by atoms with Crippen LogP contribution in [0.1, 0.15) is 59.2 Å². The summed E-state index contributed by atoms with van der Waals surface area (Å²) in [6, 6.07) is 3.18. The number of hydrogen-bond acceptors (Lipinski definition) is 7. The predicted molar refractivity (Wildman–Crippen MR) is 128 cm³/mol. The number of hydrogen-bond donors (Lipinski definition) is 2. The molecule has 3 aliphatic heterocycles. The number of halogens is 1. The van der Waals surface area contributed by atoms with Gasteiger partial charge in [0.25, 0.3) is 5.56 Å². The number of esters is 1. The Morgan fingerprint density at radius 2 is 2.00 bits per heavy atom. The second kappa shape index (κ2) is 7.21. The molecular formula is C27H26FN3O5. The van der Waals surface area contributed by atoms with E-state index in [1.807, 2.05) is 0 Å². The van der Waals surface area contributed by atoms with E-state index < -0.39 is 11.6 Å². The van der Waals surface area contributed by atoms with Crippen LogP contribution in [0.4, 0.5) is 4.39 Å². The quantitative estimate of drug-likeness (QED) is 0.414. The lowest BCUT2D eigenvalue weighted by Gasteiger charge is -2.44. The number of nitrogens with zero attached hydrogens (tertiary/aromatic N) is 3. The minimum atomic E-state index is -1.90. The summed E-state index contributed by atoms with van der Waals surface area (Å²) in [5, 5.41) is 22.1. The van der Waals surface area contributed by atoms with Gasteiger partial charge < -0.3 is 19.5 Å². The molecule has 3 aromatic rings. The van der Waals surface area contributed by atoms with Crippen molar-refractivity contribution in [2.24, 2.45) is 0 Å². The first kappa shape index (κ1) is 22.1. The summed E-state index contributed by atoms with van der Waals surface area (Å²) >= 11 is 0. The maximum atomic E-state index is 14.9. The molecule has 5 heterocycles. The Bertz CT molecular complexity index is 1570. The van der Waals surface area contributed by atoms with Crippen LogP contribution in [0.15, 0.2) is 16.9 Å². The summed E-state index contributed by atoms with van der Waals surface area (Å²) < 4.78 is 21.7. The Kier molecular flexibility index (Phi) is 4.43. The molecule has 0 saturated carbocycles. The largest absolute Gasteiger partial charge is 0.458 e. The topological polar surface area (TPSA) is 105 Å². The highest BCUT2D eigenvalue weighted by Crippen LogP contribution is 2.48. The van der Waals surface area contributed by atoms with Gasteiger partial charge >= 0.3 is 5.97 Å². The van der Waals surface area contributed by atoms with Crippen LogP contribution < -0.4 is 5.56 Å². The van der Waals surface area contributed by atoms with Crippen molar-refractivity contribution >= 4 is 16.9 Å². The number of aromatic nitrogens is 2. The standard InChI is InChI=1S/C27H26FN3O5/c1-3-27(35)17-6-21-24-15(10-31(21)25(33)16(17)11-36-26(27)34)23-20(30-8-13(32)9-30)5-4-14-12(2)18(28)7-19(29-24)22(14)23/h6-7,13,20,32,35H,3-5,8-11H2,1-2H3/t20?,27-/m0/s1. The van der Waals surface area contributed by atoms with Crippen molar-refractivity contribution in [2.45, 2.75) is 64.0 Å². The fourth-order valence-electron chi connectivity index (χ4n) is 6.64. The molecule has 9 heteroatoms. The predicted octanol–water partition coefficient (Wildman–Crippen LogP) is 2.19. The SMILES string of the molecule is CC[C@@]1(O)C(=O)OCc2c1cc1n(c2=O)Cc2c-1nc1cc(F)c(C)c3c1c2C(N1CC(O)C1)CC3. The molecule has 1 aliphatic carbocycles. The normalized spacial score (nSPS) is 24.8. The van der Waals surface area contributed by atoms with Crippen LogP contribution in [-0.4, -0.2) is 49.8 Å². The summed E-state index contributed by atoms with van der Waals surface area (Å²) in [4.78, 5) is 33.2. The van der Waals surface area contributed by atoms with E-state index >= 15 is 0 Å². The Labute approximate surface area is 205 Å². The van der Waals surface area contributed by atoms with Gasteiger partial charge in [0.1, 0.15) is 12.4 Å². The Morgan fingerprint density at radius 3 is 2.72 bits per heavy atom. The third-order valence-corrected chi connectivity index (χ3v) is 8.68. The van der Waals surface area contributed by atoms with Gasteiger partial charge in [0.15, 0.2) is 5.60 Å². The van der Waals surface area contributed by atoms with Gasteiger partial charge in [-0.15, -0.1) is 0 Å². The minimum absolute atomic E-state index is 0.0298. The number of aliphatic hydroxyl groups is 2. The molecule has 4 aliphatic rings. The first-order chi connectivity index (χ1) is 17.2. The van der Waals surface area contributed by atoms with Crippen molar-refractivity contribution in [3.05, 3.63) is 61.7 Å². The lowest BCUT2D eigenvalue weighted by Crippen LogP contribution is -2.52. The molecule has 0 bridgehead atoms. The molecule has 0 spiro atoms. The first-order valence-corrected chi connectivity index (χ1v) is 12.5. The number of aryl methyl sites for hydroxylation is 1. The number of fused-ring (bicyclic) bond motifs is 5. The van der Waals surface area contributed by atoms with E-state index in [9.17, 15) is 24.2 Å². The van der Waals surface area contributed by atoms with Crippen LogP contribution in [0.25, 0.3) is 22.3 Å². The smallest absolute Gasteiger partial charge is 0.343 e. The average Bonchev–Trinajstić information content (AvgIpc) is 3.22. The molecule has 2 aromatic heterocycles. The molecule has 2 atom stereocenters. The molecule has 186 valence electrons. The zero-order chi connectivity index (χ0) is 25.1. The number of carbonyl (C=O) groups is 1. The number of carbonyl (C=O) groups excluding carboxylic acids is 1. The van der Waals surface area contributed by atoms with Gasteiger partial charge in [0.2, 0.25) is 0 Å². The van der Waals surface area contributed by atoms with Crippen LogP contribution in [0, 0.1) is 12.7 Å². The molecule has 2 N–H and O–H groups in total. The Balaban J connectivity index is 1.53. The van der Waals surface area contributed by atoms with Gasteiger partial charge in [-0.3, -0.25) is 9.69 Å². The zero-order valence-corrected chi connectivity index (χ0v) is 20.1. The average molecular weight is 492 g/mol. The molecule has 0 amide bonds. The van der Waals surface area contributed by atoms with Gasteiger partial charge in [-0.05, 0) is 48.9 Å². The fraction of sp³-hybridized carbons (Fsp3) is 0.444. The zero-order valence-electron chi connectivity index (χ0n) is 20.1. The Morgan fingerprint density at radius 1 is 1.22 bits per heavy atom. The second-order valence-corrected chi connectivity index (χ2v) is 10.5. The lowest BCUT2D eigenvalue weighted by atomic mass is 9.80. The van der Waals surface area contributed by atoms with Crippen molar-refractivity contribution in [3.8, 4) is 11.4 Å². The molecule has 1 unspecified atom stereocenters. The molecule has 8 nitrogen and oxygen atoms in total. The summed E-state index contributed by atoms with van der Waals surface area (Å²) in [5.41, 5.74) is 3.50. The summed E-state index contributed by atoms with van der Waals surface area (Å²) in [6.45, 7) is 4.73. The fourth-order valence-corrected chi connectivity index (χ4v) is 6.64. The number of cyclic esters (lactones) is 1. The molecule has 1 fully saturated rings. The number of β-amino-alcohol motifs (C(OH)–C–C–N with tert-alkyl or cyclic N) is 1. The van der Waals surface area contributed by atoms with Crippen LogP contribution in [0.2, 0.25) is 0 Å². The van der Waals surface area contributed by atoms with E-state index in [0.29, 0.717) is 42.1 Å². The molecule has 1 aromatic carbocycles. The third kappa shape index (κ3) is 2.65. The Hall–Kier alpha value is -3.14. The van der Waals surface area contributed by atoms with E-state index in [1.165, 1.54) is 6.07 Å².